The lowest BCUT2D eigenvalue weighted by atomic mass is 10.0. The van der Waals surface area contributed by atoms with Crippen LogP contribution in [0.15, 0.2) is 59.5 Å². The lowest BCUT2D eigenvalue weighted by Gasteiger charge is -2.40. The van der Waals surface area contributed by atoms with E-state index in [1.807, 2.05) is 35.2 Å². The largest absolute Gasteiger partial charge is 0.329 e. The van der Waals surface area contributed by atoms with Crippen LogP contribution in [0, 0.1) is 0 Å². The third-order valence-corrected chi connectivity index (χ3v) is 5.69. The van der Waals surface area contributed by atoms with Gasteiger partial charge in [-0.15, -0.1) is 0 Å². The summed E-state index contributed by atoms with van der Waals surface area (Å²) in [5.74, 6) is -0.0676. The Hall–Kier alpha value is -2.18. The first-order chi connectivity index (χ1) is 11.9. The molecular weight excluding hydrogens is 336 g/mol. The highest BCUT2D eigenvalue weighted by atomic mass is 32.2. The average Bonchev–Trinajstić information content (AvgIpc) is 2.61. The fourth-order valence-electron chi connectivity index (χ4n) is 3.13. The maximum atomic E-state index is 13.0. The minimum Gasteiger partial charge on any atom is -0.329 e. The highest BCUT2D eigenvalue weighted by Gasteiger charge is 2.30. The second-order valence-electron chi connectivity index (χ2n) is 6.48. The zero-order valence-corrected chi connectivity index (χ0v) is 15.2. The molecule has 1 fully saturated rings. The van der Waals surface area contributed by atoms with Crippen LogP contribution in [0.25, 0.3) is 0 Å². The third kappa shape index (κ3) is 3.91. The number of amides is 1. The Kier molecular flexibility index (Phi) is 4.92. The summed E-state index contributed by atoms with van der Waals surface area (Å²) in [7, 11) is -1.21. The van der Waals surface area contributed by atoms with Crippen molar-refractivity contribution in [3.05, 3.63) is 65.7 Å². The van der Waals surface area contributed by atoms with Gasteiger partial charge in [-0.1, -0.05) is 30.3 Å². The molecule has 132 valence electrons. The van der Waals surface area contributed by atoms with Gasteiger partial charge in [0, 0.05) is 31.5 Å². The molecule has 0 radical (unpaired) electrons. The normalized spacial score (nSPS) is 19.0. The second-order valence-corrected chi connectivity index (χ2v) is 8.50. The van der Waals surface area contributed by atoms with E-state index >= 15 is 0 Å². The molecule has 0 bridgehead atoms. The van der Waals surface area contributed by atoms with E-state index < -0.39 is 9.84 Å². The van der Waals surface area contributed by atoms with Crippen molar-refractivity contribution in [2.24, 2.45) is 0 Å². The highest BCUT2D eigenvalue weighted by Crippen LogP contribution is 2.26. The molecule has 6 heteroatoms. The first-order valence-corrected chi connectivity index (χ1v) is 10.1. The molecule has 1 saturated heterocycles. The quantitative estimate of drug-likeness (QED) is 0.844. The van der Waals surface area contributed by atoms with E-state index in [4.69, 9.17) is 0 Å². The van der Waals surface area contributed by atoms with Gasteiger partial charge in [0.1, 0.15) is 0 Å². The lowest BCUT2D eigenvalue weighted by Crippen LogP contribution is -2.49. The number of carbonyl (C=O) groups is 1. The standard InChI is InChI=1S/C19H22N2O3S/c1-20-12-13-21(18(14-20)15-6-4-3-5-7-15)19(22)16-8-10-17(11-9-16)25(2,23)24/h3-11,18H,12-14H2,1-2H3. The van der Waals surface area contributed by atoms with Gasteiger partial charge in [-0.05, 0) is 36.9 Å². The first kappa shape index (κ1) is 17.6. The van der Waals surface area contributed by atoms with Gasteiger partial charge in [0.25, 0.3) is 5.91 Å². The molecule has 2 aromatic carbocycles. The number of rotatable bonds is 3. The van der Waals surface area contributed by atoms with Crippen molar-refractivity contribution in [2.45, 2.75) is 10.9 Å². The van der Waals surface area contributed by atoms with Gasteiger partial charge in [0.05, 0.1) is 10.9 Å². The summed E-state index contributed by atoms with van der Waals surface area (Å²) in [5, 5.41) is 0. The number of hydrogen-bond acceptors (Lipinski definition) is 4. The molecule has 1 amide bonds. The van der Waals surface area contributed by atoms with E-state index in [1.165, 1.54) is 12.1 Å². The van der Waals surface area contributed by atoms with Crippen LogP contribution in [-0.4, -0.2) is 57.1 Å². The van der Waals surface area contributed by atoms with Crippen LogP contribution in [0.2, 0.25) is 0 Å². The highest BCUT2D eigenvalue weighted by molar-refractivity contribution is 7.90. The molecule has 0 spiro atoms. The van der Waals surface area contributed by atoms with Gasteiger partial charge in [0.15, 0.2) is 9.84 Å². The van der Waals surface area contributed by atoms with Crippen LogP contribution < -0.4 is 0 Å². The predicted octanol–water partition coefficient (Wildman–Crippen LogP) is 2.22. The van der Waals surface area contributed by atoms with Gasteiger partial charge >= 0.3 is 0 Å². The molecule has 0 N–H and O–H groups in total. The van der Waals surface area contributed by atoms with Crippen LogP contribution in [0.3, 0.4) is 0 Å². The molecule has 3 rings (SSSR count). The second kappa shape index (κ2) is 6.98. The van der Waals surface area contributed by atoms with Gasteiger partial charge in [-0.25, -0.2) is 8.42 Å². The Balaban J connectivity index is 1.88. The number of benzene rings is 2. The Labute approximate surface area is 148 Å². The summed E-state index contributed by atoms with van der Waals surface area (Å²) >= 11 is 0. The number of piperazine rings is 1. The molecule has 0 saturated carbocycles. The van der Waals surface area contributed by atoms with Crippen molar-refractivity contribution < 1.29 is 13.2 Å². The predicted molar refractivity (Wildman–Crippen MR) is 97.3 cm³/mol. The van der Waals surface area contributed by atoms with Gasteiger partial charge in [0.2, 0.25) is 0 Å². The maximum Gasteiger partial charge on any atom is 0.254 e. The number of nitrogens with zero attached hydrogens (tertiary/aromatic N) is 2. The first-order valence-electron chi connectivity index (χ1n) is 8.21. The molecule has 1 atom stereocenters. The zero-order chi connectivity index (χ0) is 18.0. The summed E-state index contributed by atoms with van der Waals surface area (Å²) in [6.07, 6.45) is 1.16. The molecule has 5 nitrogen and oxygen atoms in total. The topological polar surface area (TPSA) is 57.7 Å². The van der Waals surface area contributed by atoms with Crippen LogP contribution in [-0.2, 0) is 9.84 Å². The average molecular weight is 358 g/mol. The minimum absolute atomic E-state index is 0.0120. The van der Waals surface area contributed by atoms with Crippen LogP contribution >= 0.6 is 0 Å². The van der Waals surface area contributed by atoms with E-state index in [2.05, 4.69) is 11.9 Å². The minimum atomic E-state index is -3.26. The van der Waals surface area contributed by atoms with Gasteiger partial charge in [-0.3, -0.25) is 4.79 Å². The van der Waals surface area contributed by atoms with Crippen LogP contribution in [0.5, 0.6) is 0 Å². The molecule has 1 aliphatic rings. The lowest BCUT2D eigenvalue weighted by molar-refractivity contribution is 0.0498. The molecular formula is C19H22N2O3S. The summed E-state index contributed by atoms with van der Waals surface area (Å²) in [6, 6.07) is 16.2. The molecule has 0 aliphatic carbocycles. The molecule has 1 heterocycles. The molecule has 1 unspecified atom stereocenters. The van der Waals surface area contributed by atoms with E-state index in [1.54, 1.807) is 12.1 Å². The van der Waals surface area contributed by atoms with Crippen molar-refractivity contribution in [1.29, 1.82) is 0 Å². The van der Waals surface area contributed by atoms with Gasteiger partial charge < -0.3 is 9.80 Å². The summed E-state index contributed by atoms with van der Waals surface area (Å²) in [4.78, 5) is 17.3. The van der Waals surface area contributed by atoms with E-state index in [-0.39, 0.29) is 16.8 Å². The van der Waals surface area contributed by atoms with Crippen molar-refractivity contribution in [2.75, 3.05) is 32.9 Å². The Morgan fingerprint density at radius 3 is 2.24 bits per heavy atom. The van der Waals surface area contributed by atoms with Gasteiger partial charge in [-0.2, -0.15) is 0 Å². The van der Waals surface area contributed by atoms with E-state index in [0.717, 1.165) is 24.9 Å². The Morgan fingerprint density at radius 1 is 1.00 bits per heavy atom. The van der Waals surface area contributed by atoms with E-state index in [0.29, 0.717) is 12.1 Å². The van der Waals surface area contributed by atoms with Crippen LogP contribution in [0.4, 0.5) is 0 Å². The van der Waals surface area contributed by atoms with E-state index in [9.17, 15) is 13.2 Å². The molecule has 2 aromatic rings. The van der Waals surface area contributed by atoms with Crippen LogP contribution in [0.1, 0.15) is 22.0 Å². The van der Waals surface area contributed by atoms with Crippen molar-refractivity contribution in [1.82, 2.24) is 9.80 Å². The molecule has 0 aromatic heterocycles. The molecule has 25 heavy (non-hydrogen) atoms. The monoisotopic (exact) mass is 358 g/mol. The zero-order valence-electron chi connectivity index (χ0n) is 14.4. The number of hydrogen-bond donors (Lipinski definition) is 0. The fourth-order valence-corrected chi connectivity index (χ4v) is 3.76. The number of carbonyl (C=O) groups excluding carboxylic acids is 1. The Bertz CT molecular complexity index is 848. The Morgan fingerprint density at radius 2 is 1.64 bits per heavy atom. The summed E-state index contributed by atoms with van der Waals surface area (Å²) in [5.41, 5.74) is 1.62. The summed E-state index contributed by atoms with van der Waals surface area (Å²) in [6.45, 7) is 2.23. The SMILES string of the molecule is CN1CCN(C(=O)c2ccc(S(C)(=O)=O)cc2)C(c2ccccc2)C1. The maximum absolute atomic E-state index is 13.0. The number of likely N-dealkylation sites (N-methyl/N-ethyl adjacent to an activating group) is 1. The molecule has 1 aliphatic heterocycles. The fraction of sp³-hybridized carbons (Fsp3) is 0.316. The number of sulfone groups is 1. The van der Waals surface area contributed by atoms with Crippen molar-refractivity contribution in [3.63, 3.8) is 0 Å². The van der Waals surface area contributed by atoms with Crippen molar-refractivity contribution >= 4 is 15.7 Å². The summed E-state index contributed by atoms with van der Waals surface area (Å²) < 4.78 is 23.2. The third-order valence-electron chi connectivity index (χ3n) is 4.56. The van der Waals surface area contributed by atoms with Crippen molar-refractivity contribution in [3.8, 4) is 0 Å². The smallest absolute Gasteiger partial charge is 0.254 e.